The molecule has 0 saturated heterocycles. The average molecular weight is 326 g/mol. The van der Waals surface area contributed by atoms with Crippen molar-refractivity contribution >= 4 is 15.7 Å². The van der Waals surface area contributed by atoms with Crippen molar-refractivity contribution in [3.05, 3.63) is 29.8 Å². The van der Waals surface area contributed by atoms with Crippen molar-refractivity contribution in [2.24, 2.45) is 5.73 Å². The van der Waals surface area contributed by atoms with Crippen LogP contribution in [0, 0.1) is 0 Å². The number of benzene rings is 1. The van der Waals surface area contributed by atoms with Crippen LogP contribution < -0.4 is 11.1 Å². The molecule has 5 nitrogen and oxygen atoms in total. The summed E-state index contributed by atoms with van der Waals surface area (Å²) in [6.07, 6.45) is 3.30. The van der Waals surface area contributed by atoms with E-state index in [9.17, 15) is 13.2 Å². The maximum Gasteiger partial charge on any atom is 0.252 e. The van der Waals surface area contributed by atoms with Crippen molar-refractivity contribution < 1.29 is 13.2 Å². The van der Waals surface area contributed by atoms with E-state index in [4.69, 9.17) is 5.73 Å². The number of rotatable bonds is 9. The molecule has 1 rings (SSSR count). The maximum atomic E-state index is 12.4. The molecule has 0 bridgehead atoms. The average Bonchev–Trinajstić information content (AvgIpc) is 2.51. The third-order valence-electron chi connectivity index (χ3n) is 3.47. The maximum absolute atomic E-state index is 12.4. The summed E-state index contributed by atoms with van der Waals surface area (Å²) in [7, 11) is -3.44. The molecule has 22 heavy (non-hydrogen) atoms. The number of amides is 1. The zero-order chi connectivity index (χ0) is 16.6. The summed E-state index contributed by atoms with van der Waals surface area (Å²) >= 11 is 0. The minimum atomic E-state index is -3.44. The number of sulfone groups is 1. The van der Waals surface area contributed by atoms with Gasteiger partial charge >= 0.3 is 0 Å². The highest BCUT2D eigenvalue weighted by Gasteiger charge is 2.22. The van der Waals surface area contributed by atoms with E-state index in [1.807, 2.05) is 0 Å². The van der Waals surface area contributed by atoms with Gasteiger partial charge in [0.25, 0.3) is 5.91 Å². The molecule has 0 spiro atoms. The number of unbranched alkanes of at least 4 members (excludes halogenated alkanes) is 1. The van der Waals surface area contributed by atoms with Crippen LogP contribution in [0.15, 0.2) is 29.2 Å². The second-order valence-electron chi connectivity index (χ2n) is 5.36. The highest BCUT2D eigenvalue weighted by Crippen LogP contribution is 2.18. The van der Waals surface area contributed by atoms with Crippen LogP contribution in [0.3, 0.4) is 0 Å². The van der Waals surface area contributed by atoms with Gasteiger partial charge in [0, 0.05) is 12.6 Å². The molecular formula is C16H26N2O3S. The van der Waals surface area contributed by atoms with Crippen molar-refractivity contribution in [3.8, 4) is 0 Å². The number of nitrogens with one attached hydrogen (secondary N) is 1. The summed E-state index contributed by atoms with van der Waals surface area (Å²) in [5.74, 6) is -0.338. The third-order valence-corrected chi connectivity index (χ3v) is 5.44. The number of carbonyl (C=O) groups is 1. The van der Waals surface area contributed by atoms with Gasteiger partial charge in [-0.3, -0.25) is 4.79 Å². The van der Waals surface area contributed by atoms with E-state index < -0.39 is 9.84 Å². The van der Waals surface area contributed by atoms with Gasteiger partial charge in [-0.25, -0.2) is 8.42 Å². The Morgan fingerprint density at radius 3 is 2.50 bits per heavy atom. The summed E-state index contributed by atoms with van der Waals surface area (Å²) in [6, 6.07) is 6.21. The smallest absolute Gasteiger partial charge is 0.252 e. The number of hydrogen-bond donors (Lipinski definition) is 2. The third kappa shape index (κ3) is 5.10. The van der Waals surface area contributed by atoms with Crippen molar-refractivity contribution in [2.45, 2.75) is 50.5 Å². The van der Waals surface area contributed by atoms with Gasteiger partial charge in [0.1, 0.15) is 0 Å². The Morgan fingerprint density at radius 2 is 1.91 bits per heavy atom. The van der Waals surface area contributed by atoms with Crippen molar-refractivity contribution in [2.75, 3.05) is 12.3 Å². The predicted molar refractivity (Wildman–Crippen MR) is 88.6 cm³/mol. The predicted octanol–water partition coefficient (Wildman–Crippen LogP) is 2.12. The lowest BCUT2D eigenvalue weighted by Crippen LogP contribution is -2.40. The molecule has 6 heteroatoms. The van der Waals surface area contributed by atoms with E-state index in [1.165, 1.54) is 6.07 Å². The van der Waals surface area contributed by atoms with Gasteiger partial charge in [0.05, 0.1) is 16.2 Å². The molecule has 0 aliphatic rings. The molecule has 0 saturated carbocycles. The Morgan fingerprint density at radius 1 is 1.23 bits per heavy atom. The molecule has 0 aliphatic carbocycles. The molecule has 1 amide bonds. The van der Waals surface area contributed by atoms with Crippen molar-refractivity contribution in [1.29, 1.82) is 0 Å². The van der Waals surface area contributed by atoms with E-state index in [2.05, 4.69) is 12.2 Å². The van der Waals surface area contributed by atoms with E-state index >= 15 is 0 Å². The van der Waals surface area contributed by atoms with E-state index in [0.29, 0.717) is 13.0 Å². The lowest BCUT2D eigenvalue weighted by molar-refractivity contribution is 0.0932. The van der Waals surface area contributed by atoms with Crippen LogP contribution in [-0.4, -0.2) is 32.7 Å². The molecule has 0 heterocycles. The number of hydrogen-bond acceptors (Lipinski definition) is 4. The first kappa shape index (κ1) is 18.6. The first-order valence-electron chi connectivity index (χ1n) is 7.79. The highest BCUT2D eigenvalue weighted by molar-refractivity contribution is 7.91. The largest absolute Gasteiger partial charge is 0.348 e. The van der Waals surface area contributed by atoms with Crippen molar-refractivity contribution in [3.63, 3.8) is 0 Å². The first-order valence-corrected chi connectivity index (χ1v) is 9.44. The Bertz CT molecular complexity index is 585. The minimum Gasteiger partial charge on any atom is -0.348 e. The zero-order valence-electron chi connectivity index (χ0n) is 13.3. The second-order valence-corrected chi connectivity index (χ2v) is 7.44. The Kier molecular flexibility index (Phi) is 7.55. The van der Waals surface area contributed by atoms with Crippen LogP contribution >= 0.6 is 0 Å². The van der Waals surface area contributed by atoms with Gasteiger partial charge < -0.3 is 11.1 Å². The fourth-order valence-corrected chi connectivity index (χ4v) is 3.81. The summed E-state index contributed by atoms with van der Waals surface area (Å²) in [5.41, 5.74) is 5.88. The highest BCUT2D eigenvalue weighted by atomic mass is 32.2. The SMILES string of the molecule is CCCCC(CN)NC(=O)c1ccccc1S(=O)(=O)CCC. The van der Waals surface area contributed by atoms with Crippen molar-refractivity contribution in [1.82, 2.24) is 5.32 Å². The summed E-state index contributed by atoms with van der Waals surface area (Å²) < 4.78 is 24.6. The normalized spacial score (nSPS) is 12.9. The summed E-state index contributed by atoms with van der Waals surface area (Å²) in [6.45, 7) is 4.22. The molecule has 1 aromatic carbocycles. The molecule has 0 fully saturated rings. The quantitative estimate of drug-likeness (QED) is 0.727. The van der Waals surface area contributed by atoms with Gasteiger partial charge in [-0.05, 0) is 25.0 Å². The first-order chi connectivity index (χ1) is 10.5. The Balaban J connectivity index is 2.99. The molecule has 1 unspecified atom stereocenters. The minimum absolute atomic E-state index is 0.0352. The fourth-order valence-electron chi connectivity index (χ4n) is 2.27. The second kappa shape index (κ2) is 8.90. The topological polar surface area (TPSA) is 89.3 Å². The number of carbonyl (C=O) groups excluding carboxylic acids is 1. The lowest BCUT2D eigenvalue weighted by atomic mass is 10.1. The Labute approximate surface area is 133 Å². The molecule has 124 valence electrons. The standard InChI is InChI=1S/C16H26N2O3S/c1-3-5-8-13(12-17)18-16(19)14-9-6-7-10-15(14)22(20,21)11-4-2/h6-7,9-10,13H,3-5,8,11-12,17H2,1-2H3,(H,18,19). The molecule has 0 aliphatic heterocycles. The van der Waals surface area contributed by atoms with Crippen LogP contribution in [0.2, 0.25) is 0 Å². The zero-order valence-corrected chi connectivity index (χ0v) is 14.2. The monoisotopic (exact) mass is 326 g/mol. The van der Waals surface area contributed by atoms with Gasteiger partial charge in [-0.15, -0.1) is 0 Å². The van der Waals surface area contributed by atoms with Crippen LogP contribution in [-0.2, 0) is 9.84 Å². The van der Waals surface area contributed by atoms with Gasteiger partial charge in [-0.2, -0.15) is 0 Å². The van der Waals surface area contributed by atoms with Crippen LogP contribution in [0.4, 0.5) is 0 Å². The summed E-state index contributed by atoms with van der Waals surface area (Å²) in [5, 5.41) is 2.84. The molecule has 0 radical (unpaired) electrons. The van der Waals surface area contributed by atoms with Gasteiger partial charge in [0.2, 0.25) is 0 Å². The molecule has 1 aromatic rings. The summed E-state index contributed by atoms with van der Waals surface area (Å²) in [4.78, 5) is 12.5. The fraction of sp³-hybridized carbons (Fsp3) is 0.562. The van der Waals surface area contributed by atoms with Crippen LogP contribution in [0.5, 0.6) is 0 Å². The van der Waals surface area contributed by atoms with Gasteiger partial charge in [-0.1, -0.05) is 38.8 Å². The van der Waals surface area contributed by atoms with E-state index in [0.717, 1.165) is 19.3 Å². The van der Waals surface area contributed by atoms with Crippen LogP contribution in [0.25, 0.3) is 0 Å². The van der Waals surface area contributed by atoms with E-state index in [1.54, 1.807) is 25.1 Å². The molecule has 3 N–H and O–H groups in total. The Hall–Kier alpha value is -1.40. The lowest BCUT2D eigenvalue weighted by Gasteiger charge is -2.17. The molecular weight excluding hydrogens is 300 g/mol. The molecule has 1 atom stereocenters. The van der Waals surface area contributed by atoms with Crippen LogP contribution in [0.1, 0.15) is 49.9 Å². The number of nitrogens with two attached hydrogens (primary N) is 1. The van der Waals surface area contributed by atoms with Gasteiger partial charge in [0.15, 0.2) is 9.84 Å². The van der Waals surface area contributed by atoms with E-state index in [-0.39, 0.29) is 28.2 Å². The molecule has 0 aromatic heterocycles.